The maximum Gasteiger partial charge on any atom is 0.317 e. The molecule has 31 heavy (non-hydrogen) atoms. The van der Waals surface area contributed by atoms with Crippen LogP contribution in [0, 0.1) is 5.41 Å². The zero-order chi connectivity index (χ0) is 22.8. The highest BCUT2D eigenvalue weighted by atomic mass is 16.5. The number of nitrogens with two attached hydrogens (primary N) is 1. The van der Waals surface area contributed by atoms with Gasteiger partial charge in [0.2, 0.25) is 5.91 Å². The van der Waals surface area contributed by atoms with Crippen molar-refractivity contribution in [3.05, 3.63) is 29.8 Å². The molecule has 0 unspecified atom stereocenters. The molecule has 1 fully saturated rings. The fraction of sp³-hybridized carbons (Fsp3) is 0.421. The first-order valence-electron chi connectivity index (χ1n) is 9.67. The molecule has 0 spiro atoms. The molecule has 168 valence electrons. The van der Waals surface area contributed by atoms with Crippen molar-refractivity contribution in [2.75, 3.05) is 51.7 Å². The summed E-state index contributed by atoms with van der Waals surface area (Å²) in [6, 6.07) is 5.92. The molecule has 1 aromatic carbocycles. The second-order valence-corrected chi connectivity index (χ2v) is 6.73. The number of nitrogens with one attached hydrogen (secondary N) is 4. The summed E-state index contributed by atoms with van der Waals surface area (Å²) in [5, 5.41) is 15.2. The van der Waals surface area contributed by atoms with Gasteiger partial charge in [-0.15, -0.1) is 0 Å². The Hall–Kier alpha value is -3.83. The van der Waals surface area contributed by atoms with Crippen LogP contribution in [-0.2, 0) is 14.3 Å². The van der Waals surface area contributed by atoms with Gasteiger partial charge in [0, 0.05) is 44.0 Å². The molecule has 1 aliphatic heterocycles. The number of amides is 4. The Balaban J connectivity index is 1.77. The van der Waals surface area contributed by atoms with E-state index in [2.05, 4.69) is 20.7 Å². The van der Waals surface area contributed by atoms with Gasteiger partial charge in [0.1, 0.15) is 0 Å². The lowest BCUT2D eigenvalue weighted by Gasteiger charge is -2.34. The first kappa shape index (κ1) is 23.4. The van der Waals surface area contributed by atoms with Crippen molar-refractivity contribution in [2.45, 2.75) is 6.42 Å². The molecular formula is C19H27N7O5. The quantitative estimate of drug-likeness (QED) is 0.212. The predicted molar refractivity (Wildman–Crippen MR) is 112 cm³/mol. The lowest BCUT2D eigenvalue weighted by atomic mass is 10.2. The largest absolute Gasteiger partial charge is 0.469 e. The number of carbonyl (C=O) groups excluding carboxylic acids is 4. The summed E-state index contributed by atoms with van der Waals surface area (Å²) in [5.41, 5.74) is 6.14. The Bertz CT molecular complexity index is 837. The van der Waals surface area contributed by atoms with E-state index in [0.717, 1.165) is 0 Å². The summed E-state index contributed by atoms with van der Waals surface area (Å²) in [6.07, 6.45) is 0.0577. The first-order valence-corrected chi connectivity index (χ1v) is 9.67. The second-order valence-electron chi connectivity index (χ2n) is 6.73. The molecule has 12 heteroatoms. The van der Waals surface area contributed by atoms with Crippen LogP contribution in [0.1, 0.15) is 16.8 Å². The molecule has 4 amide bonds. The summed E-state index contributed by atoms with van der Waals surface area (Å²) in [6.45, 7) is 1.63. The van der Waals surface area contributed by atoms with Crippen LogP contribution in [0.4, 0.5) is 10.5 Å². The predicted octanol–water partition coefficient (Wildman–Crippen LogP) is -0.861. The van der Waals surface area contributed by atoms with E-state index in [-0.39, 0.29) is 31.5 Å². The number of anilines is 1. The zero-order valence-corrected chi connectivity index (χ0v) is 17.3. The van der Waals surface area contributed by atoms with Crippen LogP contribution < -0.4 is 21.7 Å². The molecule has 1 saturated heterocycles. The summed E-state index contributed by atoms with van der Waals surface area (Å²) in [7, 11) is 1.27. The van der Waals surface area contributed by atoms with Crippen LogP contribution in [-0.4, -0.2) is 86.0 Å². The maximum atomic E-state index is 12.2. The van der Waals surface area contributed by atoms with Crippen molar-refractivity contribution in [1.82, 2.24) is 20.4 Å². The fourth-order valence-electron chi connectivity index (χ4n) is 2.84. The number of benzene rings is 1. The van der Waals surface area contributed by atoms with Gasteiger partial charge >= 0.3 is 12.0 Å². The van der Waals surface area contributed by atoms with Gasteiger partial charge in [0.15, 0.2) is 5.96 Å². The molecule has 0 bridgehead atoms. The van der Waals surface area contributed by atoms with Gasteiger partial charge in [-0.25, -0.2) is 4.79 Å². The van der Waals surface area contributed by atoms with Crippen LogP contribution in [0.3, 0.4) is 0 Å². The van der Waals surface area contributed by atoms with E-state index in [1.54, 1.807) is 28.0 Å². The number of guanidine groups is 1. The Labute approximate surface area is 179 Å². The molecule has 12 nitrogen and oxygen atoms in total. The summed E-state index contributed by atoms with van der Waals surface area (Å²) < 4.78 is 4.51. The molecule has 0 aromatic heterocycles. The lowest BCUT2D eigenvalue weighted by molar-refractivity contribution is -0.140. The molecule has 2 rings (SSSR count). The Morgan fingerprint density at radius 1 is 1.10 bits per heavy atom. The molecule has 0 atom stereocenters. The summed E-state index contributed by atoms with van der Waals surface area (Å²) in [5.74, 6) is -1.29. The van der Waals surface area contributed by atoms with Crippen molar-refractivity contribution in [3.8, 4) is 0 Å². The minimum Gasteiger partial charge on any atom is -0.469 e. The third-order valence-corrected chi connectivity index (χ3v) is 4.56. The minimum atomic E-state index is -0.445. The molecule has 0 radical (unpaired) electrons. The second kappa shape index (κ2) is 11.4. The van der Waals surface area contributed by atoms with Gasteiger partial charge in [-0.05, 0) is 18.2 Å². The lowest BCUT2D eigenvalue weighted by Crippen LogP contribution is -2.55. The van der Waals surface area contributed by atoms with E-state index in [9.17, 15) is 19.2 Å². The highest BCUT2D eigenvalue weighted by Crippen LogP contribution is 2.10. The highest BCUT2D eigenvalue weighted by Gasteiger charge is 2.21. The van der Waals surface area contributed by atoms with Gasteiger partial charge in [0.05, 0.1) is 20.1 Å². The Morgan fingerprint density at radius 3 is 2.42 bits per heavy atom. The number of rotatable bonds is 7. The van der Waals surface area contributed by atoms with Crippen molar-refractivity contribution in [2.24, 2.45) is 5.73 Å². The van der Waals surface area contributed by atoms with E-state index in [1.165, 1.54) is 13.2 Å². The third-order valence-electron chi connectivity index (χ3n) is 4.56. The van der Waals surface area contributed by atoms with Crippen molar-refractivity contribution < 1.29 is 23.9 Å². The third kappa shape index (κ3) is 7.49. The Morgan fingerprint density at radius 2 is 1.77 bits per heavy atom. The monoisotopic (exact) mass is 433 g/mol. The van der Waals surface area contributed by atoms with Gasteiger partial charge in [-0.1, -0.05) is 6.07 Å². The number of nitrogens with zero attached hydrogens (tertiary/aromatic N) is 2. The van der Waals surface area contributed by atoms with Crippen LogP contribution in [0.5, 0.6) is 0 Å². The van der Waals surface area contributed by atoms with E-state index >= 15 is 0 Å². The normalized spacial score (nSPS) is 13.2. The molecule has 0 aliphatic carbocycles. The van der Waals surface area contributed by atoms with Gasteiger partial charge < -0.3 is 36.2 Å². The van der Waals surface area contributed by atoms with Crippen LogP contribution >= 0.6 is 0 Å². The van der Waals surface area contributed by atoms with Gasteiger partial charge in [0.25, 0.3) is 5.91 Å². The zero-order valence-electron chi connectivity index (χ0n) is 17.3. The number of ether oxygens (including phenoxy) is 1. The standard InChI is InChI=1S/C19H27N7O5/c1-31-16(28)5-6-22-17(29)13-3-2-4-14(11-13)24-15(27)12-23-19(30)26-9-7-25(8-10-26)18(20)21/h2-4,11H,5-10,12H2,1H3,(H3,20,21)(H,22,29)(H,23,30)(H,24,27). The average molecular weight is 433 g/mol. The number of piperazine rings is 1. The molecule has 1 aliphatic rings. The number of hydrogen-bond donors (Lipinski definition) is 5. The van der Waals surface area contributed by atoms with Crippen molar-refractivity contribution in [3.63, 3.8) is 0 Å². The molecule has 6 N–H and O–H groups in total. The van der Waals surface area contributed by atoms with Crippen molar-refractivity contribution >= 4 is 35.5 Å². The van der Waals surface area contributed by atoms with E-state index in [1.807, 2.05) is 0 Å². The van der Waals surface area contributed by atoms with Crippen LogP contribution in [0.2, 0.25) is 0 Å². The van der Waals surface area contributed by atoms with Crippen molar-refractivity contribution in [1.29, 1.82) is 5.41 Å². The first-order chi connectivity index (χ1) is 14.8. The van der Waals surface area contributed by atoms with E-state index < -0.39 is 17.8 Å². The smallest absolute Gasteiger partial charge is 0.317 e. The topological polar surface area (TPSA) is 170 Å². The number of hydrogen-bond acceptors (Lipinski definition) is 6. The molecule has 0 saturated carbocycles. The maximum absolute atomic E-state index is 12.2. The van der Waals surface area contributed by atoms with Crippen LogP contribution in [0.15, 0.2) is 24.3 Å². The highest BCUT2D eigenvalue weighted by molar-refractivity contribution is 5.98. The average Bonchev–Trinajstić information content (AvgIpc) is 2.77. The fourth-order valence-corrected chi connectivity index (χ4v) is 2.84. The molecule has 1 heterocycles. The number of esters is 1. The van der Waals surface area contributed by atoms with E-state index in [4.69, 9.17) is 11.1 Å². The minimum absolute atomic E-state index is 0.0289. The molecule has 1 aromatic rings. The Kier molecular flexibility index (Phi) is 8.61. The summed E-state index contributed by atoms with van der Waals surface area (Å²) in [4.78, 5) is 50.8. The van der Waals surface area contributed by atoms with Gasteiger partial charge in [-0.2, -0.15) is 0 Å². The number of urea groups is 1. The van der Waals surface area contributed by atoms with Gasteiger partial charge in [-0.3, -0.25) is 19.8 Å². The molecular weight excluding hydrogens is 406 g/mol. The van der Waals surface area contributed by atoms with Crippen LogP contribution in [0.25, 0.3) is 0 Å². The number of carbonyl (C=O) groups is 4. The van der Waals surface area contributed by atoms with E-state index in [0.29, 0.717) is 37.4 Å². The summed E-state index contributed by atoms with van der Waals surface area (Å²) >= 11 is 0. The number of methoxy groups -OCH3 is 1. The SMILES string of the molecule is COC(=O)CCNC(=O)c1cccc(NC(=O)CNC(=O)N2CCN(C(=N)N)CC2)c1.